The number of amides is 2. The predicted molar refractivity (Wildman–Crippen MR) is 73.7 cm³/mol. The molecule has 108 valence electrons. The zero-order valence-electron chi connectivity index (χ0n) is 11.0. The summed E-state index contributed by atoms with van der Waals surface area (Å²) in [7, 11) is 0. The Labute approximate surface area is 116 Å². The summed E-state index contributed by atoms with van der Waals surface area (Å²) in [6.07, 6.45) is 1.91. The fourth-order valence-electron chi connectivity index (χ4n) is 2.03. The normalized spacial score (nSPS) is 15.6. The fourth-order valence-corrected chi connectivity index (χ4v) is 2.03. The van der Waals surface area contributed by atoms with Crippen molar-refractivity contribution >= 4 is 17.4 Å². The van der Waals surface area contributed by atoms with E-state index in [2.05, 4.69) is 10.6 Å². The predicted octanol–water partition coefficient (Wildman–Crippen LogP) is 2.14. The van der Waals surface area contributed by atoms with E-state index in [1.54, 1.807) is 0 Å². The number of nitrogens with zero attached hydrogens (tertiary/aromatic N) is 1. The summed E-state index contributed by atoms with van der Waals surface area (Å²) in [5, 5.41) is 16.0. The Kier molecular flexibility index (Phi) is 4.89. The average Bonchev–Trinajstić information content (AvgIpc) is 2.47. The van der Waals surface area contributed by atoms with Crippen LogP contribution in [0.25, 0.3) is 0 Å². The molecule has 1 heterocycles. The number of benzene rings is 1. The van der Waals surface area contributed by atoms with Crippen molar-refractivity contribution < 1.29 is 14.5 Å². The maximum absolute atomic E-state index is 11.7. The van der Waals surface area contributed by atoms with Crippen molar-refractivity contribution in [1.82, 2.24) is 5.32 Å². The molecule has 0 bridgehead atoms. The average molecular weight is 279 g/mol. The summed E-state index contributed by atoms with van der Waals surface area (Å²) in [6.45, 7) is 2.11. The molecule has 0 unspecified atom stereocenters. The lowest BCUT2D eigenvalue weighted by atomic mass is 10.0. The van der Waals surface area contributed by atoms with Crippen LogP contribution in [0.15, 0.2) is 24.3 Å². The molecule has 20 heavy (non-hydrogen) atoms. The second-order valence-corrected chi connectivity index (χ2v) is 4.69. The first-order chi connectivity index (χ1) is 9.65. The van der Waals surface area contributed by atoms with Crippen molar-refractivity contribution in [3.8, 4) is 0 Å². The van der Waals surface area contributed by atoms with Crippen LogP contribution < -0.4 is 10.6 Å². The molecule has 1 aliphatic rings. The van der Waals surface area contributed by atoms with Gasteiger partial charge in [-0.25, -0.2) is 4.79 Å². The molecule has 2 N–H and O–H groups in total. The van der Waals surface area contributed by atoms with E-state index in [-0.39, 0.29) is 11.7 Å². The molecule has 1 aromatic rings. The molecule has 0 radical (unpaired) electrons. The standard InChI is InChI=1S/C13H17N3O4/c17-13(14-9-10-5-7-20-8-6-10)15-11-1-3-12(4-2-11)16(18)19/h1-4,10H,5-9H2,(H2,14,15,17). The van der Waals surface area contributed by atoms with Crippen LogP contribution in [-0.2, 0) is 4.74 Å². The lowest BCUT2D eigenvalue weighted by Gasteiger charge is -2.22. The number of nitrogens with one attached hydrogen (secondary N) is 2. The quantitative estimate of drug-likeness (QED) is 0.652. The Morgan fingerprint density at radius 3 is 2.55 bits per heavy atom. The van der Waals surface area contributed by atoms with E-state index in [0.717, 1.165) is 26.1 Å². The van der Waals surface area contributed by atoms with Gasteiger partial charge in [-0.1, -0.05) is 0 Å². The van der Waals surface area contributed by atoms with Crippen LogP contribution in [0.4, 0.5) is 16.2 Å². The molecule has 7 nitrogen and oxygen atoms in total. The molecule has 2 rings (SSSR count). The molecule has 0 spiro atoms. The van der Waals surface area contributed by atoms with Crippen molar-refractivity contribution in [2.75, 3.05) is 25.1 Å². The maximum Gasteiger partial charge on any atom is 0.319 e. The summed E-state index contributed by atoms with van der Waals surface area (Å²) in [4.78, 5) is 21.7. The summed E-state index contributed by atoms with van der Waals surface area (Å²) in [6, 6.07) is 5.42. The lowest BCUT2D eigenvalue weighted by Crippen LogP contribution is -2.35. The van der Waals surface area contributed by atoms with E-state index in [1.807, 2.05) is 0 Å². The van der Waals surface area contributed by atoms with E-state index >= 15 is 0 Å². The molecule has 0 saturated carbocycles. The van der Waals surface area contributed by atoms with Crippen molar-refractivity contribution in [2.45, 2.75) is 12.8 Å². The number of hydrogen-bond acceptors (Lipinski definition) is 4. The van der Waals surface area contributed by atoms with Crippen LogP contribution in [0, 0.1) is 16.0 Å². The highest BCUT2D eigenvalue weighted by Crippen LogP contribution is 2.16. The van der Waals surface area contributed by atoms with Crippen LogP contribution >= 0.6 is 0 Å². The van der Waals surface area contributed by atoms with Crippen molar-refractivity contribution in [2.24, 2.45) is 5.92 Å². The van der Waals surface area contributed by atoms with Crippen molar-refractivity contribution in [1.29, 1.82) is 0 Å². The molecular formula is C13H17N3O4. The van der Waals surface area contributed by atoms with Gasteiger partial charge in [0.25, 0.3) is 5.69 Å². The van der Waals surface area contributed by atoms with Gasteiger partial charge in [-0.05, 0) is 30.9 Å². The molecule has 0 aromatic heterocycles. The van der Waals surface area contributed by atoms with Crippen molar-refractivity contribution in [3.05, 3.63) is 34.4 Å². The molecule has 1 fully saturated rings. The number of nitro groups is 1. The lowest BCUT2D eigenvalue weighted by molar-refractivity contribution is -0.384. The van der Waals surface area contributed by atoms with E-state index < -0.39 is 4.92 Å². The van der Waals surface area contributed by atoms with Crippen LogP contribution in [0.2, 0.25) is 0 Å². The first-order valence-corrected chi connectivity index (χ1v) is 6.52. The minimum Gasteiger partial charge on any atom is -0.381 e. The zero-order valence-corrected chi connectivity index (χ0v) is 11.0. The molecule has 1 saturated heterocycles. The number of carbonyl (C=O) groups excluding carboxylic acids is 1. The topological polar surface area (TPSA) is 93.5 Å². The smallest absolute Gasteiger partial charge is 0.319 e. The molecular weight excluding hydrogens is 262 g/mol. The van der Waals surface area contributed by atoms with Gasteiger partial charge in [0.15, 0.2) is 0 Å². The minimum absolute atomic E-state index is 0.00170. The molecule has 7 heteroatoms. The number of carbonyl (C=O) groups is 1. The second-order valence-electron chi connectivity index (χ2n) is 4.69. The van der Waals surface area contributed by atoms with Crippen LogP contribution in [0.3, 0.4) is 0 Å². The third kappa shape index (κ3) is 4.20. The molecule has 0 aliphatic carbocycles. The van der Waals surface area contributed by atoms with E-state index in [0.29, 0.717) is 18.2 Å². The number of nitro benzene ring substituents is 1. The Hall–Kier alpha value is -2.15. The van der Waals surface area contributed by atoms with Gasteiger partial charge in [0.05, 0.1) is 4.92 Å². The highest BCUT2D eigenvalue weighted by Gasteiger charge is 2.14. The van der Waals surface area contributed by atoms with Gasteiger partial charge in [0, 0.05) is 37.6 Å². The second kappa shape index (κ2) is 6.85. The molecule has 0 atom stereocenters. The van der Waals surface area contributed by atoms with Crippen LogP contribution in [0.5, 0.6) is 0 Å². The maximum atomic E-state index is 11.7. The Morgan fingerprint density at radius 1 is 1.30 bits per heavy atom. The largest absolute Gasteiger partial charge is 0.381 e. The van der Waals surface area contributed by atoms with Crippen molar-refractivity contribution in [3.63, 3.8) is 0 Å². The van der Waals surface area contributed by atoms with E-state index in [1.165, 1.54) is 24.3 Å². The summed E-state index contributed by atoms with van der Waals surface area (Å²) >= 11 is 0. The summed E-state index contributed by atoms with van der Waals surface area (Å²) in [5.74, 6) is 0.450. The minimum atomic E-state index is -0.477. The van der Waals surface area contributed by atoms with Gasteiger partial charge in [0.2, 0.25) is 0 Å². The monoisotopic (exact) mass is 279 g/mol. The third-order valence-electron chi connectivity index (χ3n) is 3.23. The molecule has 1 aromatic carbocycles. The molecule has 1 aliphatic heterocycles. The van der Waals surface area contributed by atoms with Gasteiger partial charge in [-0.2, -0.15) is 0 Å². The van der Waals surface area contributed by atoms with E-state index in [9.17, 15) is 14.9 Å². The fraction of sp³-hybridized carbons (Fsp3) is 0.462. The van der Waals surface area contributed by atoms with Gasteiger partial charge >= 0.3 is 6.03 Å². The number of hydrogen-bond donors (Lipinski definition) is 2. The van der Waals surface area contributed by atoms with Gasteiger partial charge in [-0.15, -0.1) is 0 Å². The number of ether oxygens (including phenoxy) is 1. The van der Waals surface area contributed by atoms with Gasteiger partial charge in [-0.3, -0.25) is 10.1 Å². The van der Waals surface area contributed by atoms with Crippen LogP contribution in [-0.4, -0.2) is 30.7 Å². The van der Waals surface area contributed by atoms with Gasteiger partial charge < -0.3 is 15.4 Å². The highest BCUT2D eigenvalue weighted by molar-refractivity contribution is 5.89. The summed E-state index contributed by atoms with van der Waals surface area (Å²) < 4.78 is 5.25. The zero-order chi connectivity index (χ0) is 14.4. The number of non-ortho nitro benzene ring substituents is 1. The number of urea groups is 1. The SMILES string of the molecule is O=C(NCC1CCOCC1)Nc1ccc([N+](=O)[O-])cc1. The third-order valence-corrected chi connectivity index (χ3v) is 3.23. The van der Waals surface area contributed by atoms with Gasteiger partial charge in [0.1, 0.15) is 0 Å². The molecule has 2 amide bonds. The first kappa shape index (κ1) is 14.3. The van der Waals surface area contributed by atoms with Crippen LogP contribution in [0.1, 0.15) is 12.8 Å². The summed E-state index contributed by atoms with van der Waals surface area (Å²) in [5.41, 5.74) is 0.526. The highest BCUT2D eigenvalue weighted by atomic mass is 16.6. The Bertz CT molecular complexity index is 469. The Balaban J connectivity index is 1.77. The van der Waals surface area contributed by atoms with E-state index in [4.69, 9.17) is 4.74 Å². The Morgan fingerprint density at radius 2 is 1.95 bits per heavy atom. The first-order valence-electron chi connectivity index (χ1n) is 6.52. The number of rotatable bonds is 4. The number of anilines is 1.